The molecule has 1 aromatic heterocycles. The number of nitrogens with zero attached hydrogens (tertiary/aromatic N) is 1. The number of hydrogen-bond acceptors (Lipinski definition) is 4. The van der Waals surface area contributed by atoms with E-state index in [1.807, 2.05) is 6.20 Å². The highest BCUT2D eigenvalue weighted by Crippen LogP contribution is 2.43. The maximum Gasteiger partial charge on any atom is 0.0965 e. The molecule has 4 unspecified atom stereocenters. The van der Waals surface area contributed by atoms with Crippen molar-refractivity contribution >= 4 is 11.3 Å². The Morgan fingerprint density at radius 1 is 1.50 bits per heavy atom. The van der Waals surface area contributed by atoms with Crippen molar-refractivity contribution in [3.63, 3.8) is 0 Å². The van der Waals surface area contributed by atoms with Gasteiger partial charge in [0.1, 0.15) is 0 Å². The molecule has 1 saturated carbocycles. The van der Waals surface area contributed by atoms with Gasteiger partial charge in [0.25, 0.3) is 0 Å². The second kappa shape index (κ2) is 6.54. The molecular formula is C16H29N3S. The first-order chi connectivity index (χ1) is 9.43. The summed E-state index contributed by atoms with van der Waals surface area (Å²) in [5.41, 5.74) is 6.56. The zero-order chi connectivity index (χ0) is 14.8. The van der Waals surface area contributed by atoms with Gasteiger partial charge in [-0.2, -0.15) is 0 Å². The lowest BCUT2D eigenvalue weighted by Gasteiger charge is -2.47. The lowest BCUT2D eigenvalue weighted by molar-refractivity contribution is 0.0540. The molecule has 1 aromatic rings. The minimum atomic E-state index is 0.328. The molecule has 3 N–H and O–H groups in total. The van der Waals surface area contributed by atoms with Crippen LogP contribution >= 0.6 is 11.3 Å². The van der Waals surface area contributed by atoms with Crippen molar-refractivity contribution in [3.8, 4) is 0 Å². The fraction of sp³-hybridized carbons (Fsp3) is 0.812. The van der Waals surface area contributed by atoms with Gasteiger partial charge >= 0.3 is 0 Å². The van der Waals surface area contributed by atoms with E-state index in [9.17, 15) is 0 Å². The zero-order valence-electron chi connectivity index (χ0n) is 13.2. The van der Waals surface area contributed by atoms with Crippen LogP contribution in [-0.2, 0) is 0 Å². The maximum absolute atomic E-state index is 6.23. The molecule has 0 aromatic carbocycles. The molecule has 1 heterocycles. The smallest absolute Gasteiger partial charge is 0.0965 e. The average molecular weight is 295 g/mol. The van der Waals surface area contributed by atoms with Crippen molar-refractivity contribution in [2.24, 2.45) is 23.0 Å². The Labute approximate surface area is 127 Å². The molecule has 0 aliphatic heterocycles. The van der Waals surface area contributed by atoms with Crippen molar-refractivity contribution in [1.82, 2.24) is 10.3 Å². The Hall–Kier alpha value is -0.450. The quantitative estimate of drug-likeness (QED) is 0.877. The molecule has 0 amide bonds. The molecule has 4 heteroatoms. The summed E-state index contributed by atoms with van der Waals surface area (Å²) in [6.45, 7) is 11.4. The van der Waals surface area contributed by atoms with Gasteiger partial charge in [0.15, 0.2) is 0 Å². The molecule has 0 bridgehead atoms. The summed E-state index contributed by atoms with van der Waals surface area (Å²) >= 11 is 1.75. The first-order valence-corrected chi connectivity index (χ1v) is 8.66. The summed E-state index contributed by atoms with van der Waals surface area (Å²) in [6, 6.07) is 0.371. The number of nitrogens with one attached hydrogen (secondary N) is 1. The van der Waals surface area contributed by atoms with Gasteiger partial charge in [0.05, 0.1) is 5.01 Å². The average Bonchev–Trinajstić information content (AvgIpc) is 2.93. The number of aromatic nitrogens is 1. The second-order valence-electron chi connectivity index (χ2n) is 6.98. The molecule has 0 spiro atoms. The number of nitrogens with two attached hydrogens (primary N) is 1. The molecule has 1 fully saturated rings. The molecule has 20 heavy (non-hydrogen) atoms. The Balaban J connectivity index is 1.82. The lowest BCUT2D eigenvalue weighted by Crippen LogP contribution is -2.49. The number of rotatable bonds is 5. The van der Waals surface area contributed by atoms with Crippen molar-refractivity contribution in [2.45, 2.75) is 52.5 Å². The minimum Gasteiger partial charge on any atom is -0.327 e. The van der Waals surface area contributed by atoms with Crippen molar-refractivity contribution in [2.75, 3.05) is 13.1 Å². The molecule has 114 valence electrons. The summed E-state index contributed by atoms with van der Waals surface area (Å²) in [5, 5.41) is 6.95. The van der Waals surface area contributed by atoms with Crippen LogP contribution in [0.2, 0.25) is 0 Å². The van der Waals surface area contributed by atoms with E-state index in [0.717, 1.165) is 19.0 Å². The van der Waals surface area contributed by atoms with E-state index >= 15 is 0 Å². The minimum absolute atomic E-state index is 0.328. The normalized spacial score (nSPS) is 31.1. The maximum atomic E-state index is 6.23. The van der Waals surface area contributed by atoms with Gasteiger partial charge in [-0.15, -0.1) is 11.3 Å². The molecule has 3 nitrogen and oxygen atoms in total. The van der Waals surface area contributed by atoms with Crippen LogP contribution in [0.5, 0.6) is 0 Å². The Bertz CT molecular complexity index is 402. The van der Waals surface area contributed by atoms with Crippen molar-refractivity contribution in [3.05, 3.63) is 16.6 Å². The van der Waals surface area contributed by atoms with E-state index < -0.39 is 0 Å². The van der Waals surface area contributed by atoms with E-state index in [1.165, 1.54) is 17.8 Å². The van der Waals surface area contributed by atoms with Crippen LogP contribution in [0.25, 0.3) is 0 Å². The van der Waals surface area contributed by atoms with Gasteiger partial charge in [0.2, 0.25) is 0 Å². The van der Waals surface area contributed by atoms with Crippen LogP contribution in [0, 0.1) is 17.3 Å². The third-order valence-corrected chi connectivity index (χ3v) is 6.44. The Morgan fingerprint density at radius 3 is 2.90 bits per heavy atom. The Morgan fingerprint density at radius 2 is 2.25 bits per heavy atom. The van der Waals surface area contributed by atoms with E-state index in [4.69, 9.17) is 5.73 Å². The Kier molecular flexibility index (Phi) is 5.21. The topological polar surface area (TPSA) is 50.9 Å². The van der Waals surface area contributed by atoms with Crippen LogP contribution in [0.15, 0.2) is 11.6 Å². The largest absolute Gasteiger partial charge is 0.327 e. The molecule has 4 atom stereocenters. The van der Waals surface area contributed by atoms with Crippen LogP contribution in [0.4, 0.5) is 0 Å². The summed E-state index contributed by atoms with van der Waals surface area (Å²) < 4.78 is 0. The van der Waals surface area contributed by atoms with E-state index in [2.05, 4.69) is 43.4 Å². The summed E-state index contributed by atoms with van der Waals surface area (Å²) in [5.74, 6) is 1.82. The second-order valence-corrected chi connectivity index (χ2v) is 7.90. The number of hydrogen-bond donors (Lipinski definition) is 2. The molecule has 0 saturated heterocycles. The van der Waals surface area contributed by atoms with E-state index in [0.29, 0.717) is 23.3 Å². The van der Waals surface area contributed by atoms with Crippen LogP contribution in [-0.4, -0.2) is 24.1 Å². The predicted octanol–water partition coefficient (Wildman–Crippen LogP) is 3.24. The van der Waals surface area contributed by atoms with Gasteiger partial charge in [-0.25, -0.2) is 4.98 Å². The highest BCUT2D eigenvalue weighted by atomic mass is 32.1. The standard InChI is InChI=1S/C16H29N3S/c1-11(15-19-7-8-20-15)9-18-10-13-5-6-14(17)12(2)16(13,3)4/h7-8,11-14,18H,5-6,9-10,17H2,1-4H3. The highest BCUT2D eigenvalue weighted by Gasteiger charge is 2.41. The first-order valence-electron chi connectivity index (χ1n) is 7.78. The van der Waals surface area contributed by atoms with Crippen molar-refractivity contribution in [1.29, 1.82) is 0 Å². The molecule has 0 radical (unpaired) electrons. The number of thiazole rings is 1. The zero-order valence-corrected chi connectivity index (χ0v) is 14.0. The molecule has 2 rings (SSSR count). The van der Waals surface area contributed by atoms with Gasteiger partial charge < -0.3 is 11.1 Å². The van der Waals surface area contributed by atoms with Crippen LogP contribution in [0.3, 0.4) is 0 Å². The first kappa shape index (κ1) is 15.9. The fourth-order valence-corrected chi connectivity index (χ4v) is 4.04. The SMILES string of the molecule is CC(CNCC1CCC(N)C(C)C1(C)C)c1nccs1. The van der Waals surface area contributed by atoms with E-state index in [-0.39, 0.29) is 0 Å². The molecular weight excluding hydrogens is 266 g/mol. The van der Waals surface area contributed by atoms with Gasteiger partial charge in [-0.3, -0.25) is 0 Å². The van der Waals surface area contributed by atoms with Crippen LogP contribution in [0.1, 0.15) is 51.5 Å². The lowest BCUT2D eigenvalue weighted by atomic mass is 9.61. The van der Waals surface area contributed by atoms with Gasteiger partial charge in [-0.05, 0) is 36.6 Å². The third kappa shape index (κ3) is 3.41. The fourth-order valence-electron chi connectivity index (χ4n) is 3.34. The van der Waals surface area contributed by atoms with E-state index in [1.54, 1.807) is 11.3 Å². The van der Waals surface area contributed by atoms with Gasteiger partial charge in [0, 0.05) is 30.1 Å². The third-order valence-electron chi connectivity index (χ3n) is 5.43. The van der Waals surface area contributed by atoms with Crippen LogP contribution < -0.4 is 11.1 Å². The predicted molar refractivity (Wildman–Crippen MR) is 87.0 cm³/mol. The van der Waals surface area contributed by atoms with Gasteiger partial charge in [-0.1, -0.05) is 27.7 Å². The molecule has 1 aliphatic carbocycles. The summed E-state index contributed by atoms with van der Waals surface area (Å²) in [7, 11) is 0. The van der Waals surface area contributed by atoms with Crippen molar-refractivity contribution < 1.29 is 0 Å². The monoisotopic (exact) mass is 295 g/mol. The summed E-state index contributed by atoms with van der Waals surface area (Å²) in [6.07, 6.45) is 4.31. The highest BCUT2D eigenvalue weighted by molar-refractivity contribution is 7.09. The molecule has 1 aliphatic rings. The summed E-state index contributed by atoms with van der Waals surface area (Å²) in [4.78, 5) is 4.39.